The maximum atomic E-state index is 12.1. The zero-order valence-electron chi connectivity index (χ0n) is 10.5. The molecule has 1 aromatic carbocycles. The summed E-state index contributed by atoms with van der Waals surface area (Å²) in [5, 5.41) is 4.13. The van der Waals surface area contributed by atoms with Gasteiger partial charge < -0.3 is 10.1 Å². The summed E-state index contributed by atoms with van der Waals surface area (Å²) in [6.45, 7) is -0.664. The van der Waals surface area contributed by atoms with Crippen LogP contribution in [0.1, 0.15) is 19.8 Å². The van der Waals surface area contributed by atoms with Crippen molar-refractivity contribution in [2.24, 2.45) is 0 Å². The summed E-state index contributed by atoms with van der Waals surface area (Å²) in [5.74, 6) is 1.20. The fraction of sp³-hybridized carbons (Fsp3) is 0.538. The highest BCUT2D eigenvalue weighted by atomic mass is 35.5. The largest absolute Gasteiger partial charge is 0.433 e. The lowest BCUT2D eigenvalue weighted by Crippen LogP contribution is -2.32. The molecule has 2 rings (SSSR count). The molecule has 2 atom stereocenters. The van der Waals surface area contributed by atoms with Crippen molar-refractivity contribution in [1.82, 2.24) is 0 Å². The monoisotopic (exact) mass is 307 g/mol. The summed E-state index contributed by atoms with van der Waals surface area (Å²) < 4.78 is 28.6. The van der Waals surface area contributed by atoms with E-state index in [0.29, 0.717) is 11.3 Å². The lowest BCUT2D eigenvalue weighted by atomic mass is 10.1. The van der Waals surface area contributed by atoms with E-state index in [-0.39, 0.29) is 10.8 Å². The minimum atomic E-state index is -2.86. The Morgan fingerprint density at radius 1 is 1.47 bits per heavy atom. The van der Waals surface area contributed by atoms with Crippen molar-refractivity contribution < 1.29 is 13.5 Å². The molecule has 1 N–H and O–H groups in total. The Hall–Kier alpha value is -0.680. The zero-order chi connectivity index (χ0) is 13.8. The van der Waals surface area contributed by atoms with Gasteiger partial charge in [-0.3, -0.25) is 0 Å². The fourth-order valence-corrected chi connectivity index (χ4v) is 3.48. The van der Waals surface area contributed by atoms with Crippen molar-refractivity contribution >= 4 is 29.1 Å². The van der Waals surface area contributed by atoms with E-state index < -0.39 is 6.61 Å². The molecule has 2 nitrogen and oxygen atoms in total. The Morgan fingerprint density at radius 2 is 2.26 bits per heavy atom. The van der Waals surface area contributed by atoms with E-state index in [1.54, 1.807) is 12.1 Å². The van der Waals surface area contributed by atoms with Crippen molar-refractivity contribution in [1.29, 1.82) is 0 Å². The van der Waals surface area contributed by atoms with Crippen molar-refractivity contribution in [2.75, 3.05) is 11.1 Å². The van der Waals surface area contributed by atoms with Crippen LogP contribution >= 0.6 is 23.4 Å². The van der Waals surface area contributed by atoms with Crippen LogP contribution in [0.4, 0.5) is 14.5 Å². The van der Waals surface area contributed by atoms with Crippen LogP contribution in [0.15, 0.2) is 18.2 Å². The number of rotatable bonds is 4. The first-order valence-corrected chi connectivity index (χ1v) is 7.61. The molecule has 0 aliphatic carbocycles. The Balaban J connectivity index is 2.03. The van der Waals surface area contributed by atoms with Gasteiger partial charge in [0.05, 0.1) is 5.02 Å². The van der Waals surface area contributed by atoms with Crippen molar-refractivity contribution in [3.8, 4) is 5.75 Å². The minimum Gasteiger partial charge on any atom is -0.433 e. The van der Waals surface area contributed by atoms with Gasteiger partial charge in [0.15, 0.2) is 0 Å². The summed E-state index contributed by atoms with van der Waals surface area (Å²) in [6.07, 6.45) is 2.30. The Morgan fingerprint density at radius 3 is 2.89 bits per heavy atom. The third-order valence-electron chi connectivity index (χ3n) is 3.11. The minimum absolute atomic E-state index is 0.00767. The number of ether oxygens (including phenoxy) is 1. The lowest BCUT2D eigenvalue weighted by Gasteiger charge is -2.30. The number of hydrogen-bond acceptors (Lipinski definition) is 3. The van der Waals surface area contributed by atoms with E-state index in [2.05, 4.69) is 17.0 Å². The molecule has 1 aromatic rings. The summed E-state index contributed by atoms with van der Waals surface area (Å²) in [5.41, 5.74) is 0.839. The number of anilines is 1. The van der Waals surface area contributed by atoms with Crippen LogP contribution in [0, 0.1) is 0 Å². The van der Waals surface area contributed by atoms with Crippen LogP contribution in [-0.4, -0.2) is 23.7 Å². The molecule has 0 saturated carbocycles. The predicted octanol–water partition coefficient (Wildman–Crippen LogP) is 4.64. The summed E-state index contributed by atoms with van der Waals surface area (Å²) in [7, 11) is 0. The van der Waals surface area contributed by atoms with Gasteiger partial charge in [0, 0.05) is 17.0 Å². The van der Waals surface area contributed by atoms with Gasteiger partial charge in [0.1, 0.15) is 5.75 Å². The summed E-state index contributed by atoms with van der Waals surface area (Å²) in [6, 6.07) is 5.20. The molecule has 1 heterocycles. The van der Waals surface area contributed by atoms with Gasteiger partial charge in [-0.05, 0) is 36.8 Å². The van der Waals surface area contributed by atoms with E-state index in [4.69, 9.17) is 11.6 Å². The van der Waals surface area contributed by atoms with Crippen LogP contribution in [0.5, 0.6) is 5.75 Å². The second-order valence-corrected chi connectivity index (χ2v) is 6.39. The van der Waals surface area contributed by atoms with Crippen molar-refractivity contribution in [3.05, 3.63) is 23.2 Å². The van der Waals surface area contributed by atoms with E-state index in [1.807, 2.05) is 11.8 Å². The van der Waals surface area contributed by atoms with Gasteiger partial charge in [-0.25, -0.2) is 0 Å². The molecule has 0 spiro atoms. The molecule has 6 heteroatoms. The first-order valence-electron chi connectivity index (χ1n) is 6.19. The number of alkyl halides is 2. The molecule has 106 valence electrons. The first kappa shape index (κ1) is 14.7. The normalized spacial score (nSPS) is 23.4. The van der Waals surface area contributed by atoms with Crippen molar-refractivity contribution in [2.45, 2.75) is 37.7 Å². The third kappa shape index (κ3) is 4.14. The number of halogens is 3. The van der Waals surface area contributed by atoms with E-state index in [0.717, 1.165) is 12.1 Å². The molecule has 2 unspecified atom stereocenters. The highest BCUT2D eigenvalue weighted by Crippen LogP contribution is 2.32. The van der Waals surface area contributed by atoms with Gasteiger partial charge >= 0.3 is 6.61 Å². The molecular formula is C13H16ClF2NOS. The van der Waals surface area contributed by atoms with E-state index >= 15 is 0 Å². The molecular weight excluding hydrogens is 292 g/mol. The standard InChI is InChI=1S/C13H16ClF2NOS/c1-8-11(3-2-6-19-8)17-9-4-5-12(10(14)7-9)18-13(15)16/h4-5,7-8,11,13,17H,2-3,6H2,1H3. The Kier molecular flexibility index (Phi) is 5.16. The average molecular weight is 308 g/mol. The molecule has 0 amide bonds. The predicted molar refractivity (Wildman–Crippen MR) is 76.6 cm³/mol. The number of hydrogen-bond donors (Lipinski definition) is 1. The van der Waals surface area contributed by atoms with Gasteiger partial charge in [-0.15, -0.1) is 0 Å². The maximum Gasteiger partial charge on any atom is 0.387 e. The van der Waals surface area contributed by atoms with Gasteiger partial charge in [-0.1, -0.05) is 18.5 Å². The number of nitrogens with one attached hydrogen (secondary N) is 1. The Bertz CT molecular complexity index is 433. The second-order valence-electron chi connectivity index (χ2n) is 4.49. The Labute approximate surface area is 120 Å². The highest BCUT2D eigenvalue weighted by Gasteiger charge is 2.21. The van der Waals surface area contributed by atoms with Crippen LogP contribution in [-0.2, 0) is 0 Å². The topological polar surface area (TPSA) is 21.3 Å². The maximum absolute atomic E-state index is 12.1. The molecule has 1 fully saturated rings. The van der Waals surface area contributed by atoms with Crippen LogP contribution in [0.3, 0.4) is 0 Å². The molecule has 1 aliphatic heterocycles. The molecule has 0 aromatic heterocycles. The van der Waals surface area contributed by atoms with Crippen molar-refractivity contribution in [3.63, 3.8) is 0 Å². The molecule has 0 radical (unpaired) electrons. The number of thioether (sulfide) groups is 1. The van der Waals surface area contributed by atoms with Crippen LogP contribution < -0.4 is 10.1 Å². The average Bonchev–Trinajstić information content (AvgIpc) is 2.35. The van der Waals surface area contributed by atoms with E-state index in [9.17, 15) is 8.78 Å². The van der Waals surface area contributed by atoms with Gasteiger partial charge in [0.25, 0.3) is 0 Å². The third-order valence-corrected chi connectivity index (χ3v) is 4.78. The van der Waals surface area contributed by atoms with Gasteiger partial charge in [-0.2, -0.15) is 20.5 Å². The van der Waals surface area contributed by atoms with Gasteiger partial charge in [0.2, 0.25) is 0 Å². The van der Waals surface area contributed by atoms with E-state index in [1.165, 1.54) is 18.2 Å². The molecule has 19 heavy (non-hydrogen) atoms. The smallest absolute Gasteiger partial charge is 0.387 e. The number of benzene rings is 1. The second kappa shape index (κ2) is 6.66. The zero-order valence-corrected chi connectivity index (χ0v) is 12.1. The molecule has 1 saturated heterocycles. The lowest BCUT2D eigenvalue weighted by molar-refractivity contribution is -0.0497. The van der Waals surface area contributed by atoms with Crippen LogP contribution in [0.25, 0.3) is 0 Å². The quantitative estimate of drug-likeness (QED) is 0.875. The summed E-state index contributed by atoms with van der Waals surface area (Å²) >= 11 is 7.87. The molecule has 1 aliphatic rings. The summed E-state index contributed by atoms with van der Waals surface area (Å²) in [4.78, 5) is 0. The van der Waals surface area contributed by atoms with Crippen LogP contribution in [0.2, 0.25) is 5.02 Å². The fourth-order valence-electron chi connectivity index (χ4n) is 2.11. The SMILES string of the molecule is CC1SCCCC1Nc1ccc(OC(F)F)c(Cl)c1. The highest BCUT2D eigenvalue weighted by molar-refractivity contribution is 8.00. The first-order chi connectivity index (χ1) is 9.06. The molecule has 0 bridgehead atoms.